The Morgan fingerprint density at radius 3 is 2.67 bits per heavy atom. The highest BCUT2D eigenvalue weighted by Crippen LogP contribution is 2.32. The largest absolute Gasteiger partial charge is 0.381 e. The first kappa shape index (κ1) is 20.2. The van der Waals surface area contributed by atoms with Crippen LogP contribution in [0, 0.1) is 5.92 Å². The van der Waals surface area contributed by atoms with Crippen LogP contribution in [-0.2, 0) is 4.74 Å². The van der Waals surface area contributed by atoms with Crippen molar-refractivity contribution in [1.82, 2.24) is 15.5 Å². The number of aliphatic imine (C=N–C) groups is 1. The van der Waals surface area contributed by atoms with Gasteiger partial charge in [0.1, 0.15) is 0 Å². The molecule has 2 aliphatic rings. The SMILES string of the molecule is CN=C(NCC1(NC(C)c2ccccc2)CCCC1)N(C)CC1CCOC1. The highest BCUT2D eigenvalue weighted by molar-refractivity contribution is 5.79. The van der Waals surface area contributed by atoms with Gasteiger partial charge in [-0.2, -0.15) is 0 Å². The molecule has 1 aromatic carbocycles. The number of nitrogens with zero attached hydrogens (tertiary/aromatic N) is 2. The van der Waals surface area contributed by atoms with Crippen LogP contribution in [0.2, 0.25) is 0 Å². The minimum atomic E-state index is 0.141. The highest BCUT2D eigenvalue weighted by Gasteiger charge is 2.35. The number of nitrogens with one attached hydrogen (secondary N) is 2. The van der Waals surface area contributed by atoms with Crippen molar-refractivity contribution >= 4 is 5.96 Å². The average molecular weight is 373 g/mol. The van der Waals surface area contributed by atoms with E-state index in [0.717, 1.165) is 38.7 Å². The second kappa shape index (κ2) is 9.56. The summed E-state index contributed by atoms with van der Waals surface area (Å²) >= 11 is 0. The molecule has 2 N–H and O–H groups in total. The molecule has 2 fully saturated rings. The van der Waals surface area contributed by atoms with Crippen molar-refractivity contribution in [3.63, 3.8) is 0 Å². The Morgan fingerprint density at radius 1 is 1.30 bits per heavy atom. The Morgan fingerprint density at radius 2 is 2.04 bits per heavy atom. The maximum atomic E-state index is 5.52. The summed E-state index contributed by atoms with van der Waals surface area (Å²) in [5.41, 5.74) is 1.49. The fourth-order valence-corrected chi connectivity index (χ4v) is 4.54. The van der Waals surface area contributed by atoms with E-state index in [0.29, 0.717) is 12.0 Å². The van der Waals surface area contributed by atoms with Crippen LogP contribution < -0.4 is 10.6 Å². The Bertz CT molecular complexity index is 592. The zero-order valence-corrected chi connectivity index (χ0v) is 17.2. The van der Waals surface area contributed by atoms with Gasteiger partial charge in [-0.15, -0.1) is 0 Å². The molecule has 1 aromatic rings. The van der Waals surface area contributed by atoms with Gasteiger partial charge in [0.15, 0.2) is 5.96 Å². The predicted octanol–water partition coefficient (Wildman–Crippen LogP) is 3.19. The summed E-state index contributed by atoms with van der Waals surface area (Å²) in [5, 5.41) is 7.60. The molecule has 1 saturated heterocycles. The number of guanidine groups is 1. The second-order valence-electron chi connectivity index (χ2n) is 8.28. The molecule has 1 heterocycles. The van der Waals surface area contributed by atoms with E-state index in [1.807, 2.05) is 7.05 Å². The zero-order valence-electron chi connectivity index (χ0n) is 17.2. The Hall–Kier alpha value is -1.59. The molecular formula is C22H36N4O. The zero-order chi connectivity index (χ0) is 19.1. The van der Waals surface area contributed by atoms with Crippen molar-refractivity contribution in [3.05, 3.63) is 35.9 Å². The molecule has 1 saturated carbocycles. The van der Waals surface area contributed by atoms with Crippen LogP contribution in [0.1, 0.15) is 50.6 Å². The number of ether oxygens (including phenoxy) is 1. The van der Waals surface area contributed by atoms with E-state index in [-0.39, 0.29) is 5.54 Å². The van der Waals surface area contributed by atoms with E-state index in [4.69, 9.17) is 4.74 Å². The quantitative estimate of drug-likeness (QED) is 0.570. The molecule has 2 atom stereocenters. The number of rotatable bonds is 7. The molecule has 27 heavy (non-hydrogen) atoms. The van der Waals surface area contributed by atoms with Crippen molar-refractivity contribution < 1.29 is 4.74 Å². The molecule has 3 rings (SSSR count). The van der Waals surface area contributed by atoms with E-state index in [9.17, 15) is 0 Å². The van der Waals surface area contributed by atoms with E-state index in [1.165, 1.54) is 31.2 Å². The predicted molar refractivity (Wildman–Crippen MR) is 112 cm³/mol. The van der Waals surface area contributed by atoms with Gasteiger partial charge >= 0.3 is 0 Å². The molecular weight excluding hydrogens is 336 g/mol. The number of hydrogen-bond donors (Lipinski definition) is 2. The monoisotopic (exact) mass is 372 g/mol. The lowest BCUT2D eigenvalue weighted by Crippen LogP contribution is -2.54. The van der Waals surface area contributed by atoms with Gasteiger partial charge in [0.2, 0.25) is 0 Å². The topological polar surface area (TPSA) is 48.9 Å². The summed E-state index contributed by atoms with van der Waals surface area (Å²) in [5.74, 6) is 1.60. The van der Waals surface area contributed by atoms with Crippen LogP contribution in [0.3, 0.4) is 0 Å². The minimum absolute atomic E-state index is 0.141. The molecule has 150 valence electrons. The Kier molecular flexibility index (Phi) is 7.13. The summed E-state index contributed by atoms with van der Waals surface area (Å²) in [6.45, 7) is 5.97. The van der Waals surface area contributed by atoms with Crippen LogP contribution in [0.4, 0.5) is 0 Å². The second-order valence-corrected chi connectivity index (χ2v) is 8.28. The number of benzene rings is 1. The third-order valence-corrected chi connectivity index (χ3v) is 6.10. The van der Waals surface area contributed by atoms with Crippen LogP contribution in [0.25, 0.3) is 0 Å². The Labute approximate surface area is 164 Å². The summed E-state index contributed by atoms with van der Waals surface area (Å²) in [4.78, 5) is 6.77. The molecule has 0 radical (unpaired) electrons. The molecule has 5 heteroatoms. The van der Waals surface area contributed by atoms with E-state index < -0.39 is 0 Å². The summed E-state index contributed by atoms with van der Waals surface area (Å²) in [7, 11) is 4.01. The Balaban J connectivity index is 1.58. The molecule has 1 aliphatic carbocycles. The van der Waals surface area contributed by atoms with Gasteiger partial charge in [0.25, 0.3) is 0 Å². The van der Waals surface area contributed by atoms with Crippen molar-refractivity contribution in [2.24, 2.45) is 10.9 Å². The average Bonchev–Trinajstić information content (AvgIpc) is 3.35. The van der Waals surface area contributed by atoms with Crippen molar-refractivity contribution in [2.75, 3.05) is 40.4 Å². The lowest BCUT2D eigenvalue weighted by molar-refractivity contribution is 0.181. The first-order chi connectivity index (χ1) is 13.1. The van der Waals surface area contributed by atoms with Crippen LogP contribution in [0.5, 0.6) is 0 Å². The molecule has 5 nitrogen and oxygen atoms in total. The van der Waals surface area contributed by atoms with Gasteiger partial charge in [-0.05, 0) is 31.7 Å². The summed E-state index contributed by atoms with van der Waals surface area (Å²) in [6, 6.07) is 11.1. The van der Waals surface area contributed by atoms with Crippen LogP contribution >= 0.6 is 0 Å². The molecule has 1 aliphatic heterocycles. The standard InChI is InChI=1S/C22H36N4O/c1-18(20-9-5-4-6-10-20)25-22(12-7-8-13-22)17-24-21(23-2)26(3)15-19-11-14-27-16-19/h4-6,9-10,18-19,25H,7-8,11-17H2,1-3H3,(H,23,24). The molecule has 2 unspecified atom stereocenters. The van der Waals surface area contributed by atoms with Gasteiger partial charge in [-0.3, -0.25) is 4.99 Å². The molecule has 0 spiro atoms. The fraction of sp³-hybridized carbons (Fsp3) is 0.682. The van der Waals surface area contributed by atoms with Gasteiger partial charge in [0, 0.05) is 51.3 Å². The molecule has 0 bridgehead atoms. The normalized spacial score (nSPS) is 23.4. The van der Waals surface area contributed by atoms with E-state index in [2.05, 4.69) is 64.8 Å². The number of hydrogen-bond acceptors (Lipinski definition) is 3. The van der Waals surface area contributed by atoms with Gasteiger partial charge in [0.05, 0.1) is 6.61 Å². The van der Waals surface area contributed by atoms with Crippen LogP contribution in [0.15, 0.2) is 35.3 Å². The minimum Gasteiger partial charge on any atom is -0.381 e. The first-order valence-electron chi connectivity index (χ1n) is 10.4. The lowest BCUT2D eigenvalue weighted by Gasteiger charge is -2.36. The molecule has 0 amide bonds. The van der Waals surface area contributed by atoms with Gasteiger partial charge in [-0.1, -0.05) is 43.2 Å². The van der Waals surface area contributed by atoms with Crippen molar-refractivity contribution in [3.8, 4) is 0 Å². The maximum Gasteiger partial charge on any atom is 0.193 e. The lowest BCUT2D eigenvalue weighted by atomic mass is 9.94. The summed E-state index contributed by atoms with van der Waals surface area (Å²) < 4.78 is 5.52. The highest BCUT2D eigenvalue weighted by atomic mass is 16.5. The van der Waals surface area contributed by atoms with Crippen LogP contribution in [-0.4, -0.2) is 56.8 Å². The third kappa shape index (κ3) is 5.45. The summed E-state index contributed by atoms with van der Waals surface area (Å²) in [6.07, 6.45) is 6.18. The van der Waals surface area contributed by atoms with E-state index in [1.54, 1.807) is 0 Å². The van der Waals surface area contributed by atoms with Crippen molar-refractivity contribution in [2.45, 2.75) is 50.6 Å². The van der Waals surface area contributed by atoms with E-state index >= 15 is 0 Å². The fourth-order valence-electron chi connectivity index (χ4n) is 4.54. The first-order valence-corrected chi connectivity index (χ1v) is 10.4. The van der Waals surface area contributed by atoms with Gasteiger partial charge < -0.3 is 20.3 Å². The maximum absolute atomic E-state index is 5.52. The van der Waals surface area contributed by atoms with Gasteiger partial charge in [-0.25, -0.2) is 0 Å². The smallest absolute Gasteiger partial charge is 0.193 e. The molecule has 0 aromatic heterocycles. The third-order valence-electron chi connectivity index (χ3n) is 6.10. The van der Waals surface area contributed by atoms with Crippen molar-refractivity contribution in [1.29, 1.82) is 0 Å².